The molecular weight excluding hydrogens is 348 g/mol. The topological polar surface area (TPSA) is 38.8 Å². The van der Waals surface area contributed by atoms with Crippen molar-refractivity contribution in [1.82, 2.24) is 10.2 Å². The number of halogens is 1. The average Bonchev–Trinajstić information content (AvgIpc) is 2.67. The second-order valence-corrected chi connectivity index (χ2v) is 7.04. The number of anilines is 2. The van der Waals surface area contributed by atoms with Crippen molar-refractivity contribution in [1.29, 1.82) is 0 Å². The fourth-order valence-electron chi connectivity index (χ4n) is 3.05. The van der Waals surface area contributed by atoms with Crippen molar-refractivity contribution < 1.29 is 4.79 Å². The molecule has 0 radical (unpaired) electrons. The molecule has 1 aliphatic rings. The summed E-state index contributed by atoms with van der Waals surface area (Å²) in [6, 6.07) is 16.1. The Morgan fingerprint density at radius 3 is 2.31 bits per heavy atom. The van der Waals surface area contributed by atoms with Crippen molar-refractivity contribution >= 4 is 29.0 Å². The van der Waals surface area contributed by atoms with Crippen LogP contribution in [-0.2, 0) is 6.54 Å². The third-order valence-corrected chi connectivity index (χ3v) is 5.05. The Balaban J connectivity index is 1.50. The van der Waals surface area contributed by atoms with E-state index in [0.717, 1.165) is 18.7 Å². The standard InChI is InChI=1S/C20H25ClN4O/c1-23(2)17-7-9-18(10-8-17)24-11-13-25(14-12-24)20(26)22-15-16-5-3-4-6-19(16)21/h3-10H,11-15H2,1-2H3,(H,22,26). The molecule has 138 valence electrons. The van der Waals surface area contributed by atoms with Gasteiger partial charge in [0.1, 0.15) is 0 Å². The first-order valence-electron chi connectivity index (χ1n) is 8.83. The van der Waals surface area contributed by atoms with Crippen molar-refractivity contribution in [2.75, 3.05) is 50.1 Å². The van der Waals surface area contributed by atoms with E-state index in [1.807, 2.05) is 43.3 Å². The van der Waals surface area contributed by atoms with E-state index in [1.54, 1.807) is 0 Å². The largest absolute Gasteiger partial charge is 0.378 e. The van der Waals surface area contributed by atoms with E-state index in [4.69, 9.17) is 11.6 Å². The number of hydrogen-bond donors (Lipinski definition) is 1. The first-order chi connectivity index (χ1) is 12.5. The van der Waals surface area contributed by atoms with E-state index in [9.17, 15) is 4.79 Å². The van der Waals surface area contributed by atoms with Crippen LogP contribution in [0.15, 0.2) is 48.5 Å². The first kappa shape index (κ1) is 18.4. The molecule has 0 saturated carbocycles. The highest BCUT2D eigenvalue weighted by Crippen LogP contribution is 2.21. The van der Waals surface area contributed by atoms with Crippen LogP contribution in [0.5, 0.6) is 0 Å². The van der Waals surface area contributed by atoms with Gasteiger partial charge in [0.2, 0.25) is 0 Å². The number of nitrogens with one attached hydrogen (secondary N) is 1. The maximum atomic E-state index is 12.4. The van der Waals surface area contributed by atoms with Gasteiger partial charge in [0.25, 0.3) is 0 Å². The third-order valence-electron chi connectivity index (χ3n) is 4.69. The van der Waals surface area contributed by atoms with Crippen LogP contribution in [0.3, 0.4) is 0 Å². The van der Waals surface area contributed by atoms with Gasteiger partial charge in [-0.1, -0.05) is 29.8 Å². The van der Waals surface area contributed by atoms with Crippen LogP contribution in [-0.4, -0.2) is 51.2 Å². The summed E-state index contributed by atoms with van der Waals surface area (Å²) in [7, 11) is 4.07. The number of nitrogens with zero attached hydrogens (tertiary/aromatic N) is 3. The normalized spacial score (nSPS) is 14.3. The summed E-state index contributed by atoms with van der Waals surface area (Å²) < 4.78 is 0. The maximum absolute atomic E-state index is 12.4. The molecule has 0 unspecified atom stereocenters. The van der Waals surface area contributed by atoms with Crippen LogP contribution in [0.2, 0.25) is 5.02 Å². The van der Waals surface area contributed by atoms with Crippen LogP contribution in [0.4, 0.5) is 16.2 Å². The molecule has 1 aliphatic heterocycles. The smallest absolute Gasteiger partial charge is 0.317 e. The minimum absolute atomic E-state index is 0.0347. The van der Waals surface area contributed by atoms with E-state index in [0.29, 0.717) is 24.7 Å². The Kier molecular flexibility index (Phi) is 5.89. The Morgan fingerprint density at radius 1 is 1.04 bits per heavy atom. The van der Waals surface area contributed by atoms with Crippen molar-refractivity contribution in [3.63, 3.8) is 0 Å². The zero-order valence-corrected chi connectivity index (χ0v) is 16.0. The molecule has 2 amide bonds. The van der Waals surface area contributed by atoms with E-state index in [1.165, 1.54) is 11.4 Å². The first-order valence-corrected chi connectivity index (χ1v) is 9.21. The van der Waals surface area contributed by atoms with Gasteiger partial charge >= 0.3 is 6.03 Å². The summed E-state index contributed by atoms with van der Waals surface area (Å²) in [4.78, 5) is 18.7. The van der Waals surface area contributed by atoms with Crippen LogP contribution >= 0.6 is 11.6 Å². The molecule has 0 aliphatic carbocycles. The molecule has 0 atom stereocenters. The summed E-state index contributed by atoms with van der Waals surface area (Å²) in [6.45, 7) is 3.54. The van der Waals surface area contributed by atoms with Crippen molar-refractivity contribution in [3.05, 3.63) is 59.1 Å². The lowest BCUT2D eigenvalue weighted by Crippen LogP contribution is -2.51. The number of carbonyl (C=O) groups excluding carboxylic acids is 1. The zero-order chi connectivity index (χ0) is 18.5. The average molecular weight is 373 g/mol. The van der Waals surface area contributed by atoms with Crippen LogP contribution in [0.1, 0.15) is 5.56 Å². The molecule has 1 heterocycles. The number of piperazine rings is 1. The number of amides is 2. The monoisotopic (exact) mass is 372 g/mol. The molecule has 6 heteroatoms. The van der Waals surface area contributed by atoms with Gasteiger partial charge in [0.15, 0.2) is 0 Å². The maximum Gasteiger partial charge on any atom is 0.317 e. The minimum Gasteiger partial charge on any atom is -0.378 e. The Hall–Kier alpha value is -2.40. The minimum atomic E-state index is -0.0347. The second-order valence-electron chi connectivity index (χ2n) is 6.64. The van der Waals surface area contributed by atoms with Crippen LogP contribution < -0.4 is 15.1 Å². The molecule has 2 aromatic carbocycles. The van der Waals surface area contributed by atoms with Gasteiger partial charge in [-0.15, -0.1) is 0 Å². The lowest BCUT2D eigenvalue weighted by Gasteiger charge is -2.36. The van der Waals surface area contributed by atoms with Crippen LogP contribution in [0.25, 0.3) is 0 Å². The Bertz CT molecular complexity index is 740. The zero-order valence-electron chi connectivity index (χ0n) is 15.3. The fraction of sp³-hybridized carbons (Fsp3) is 0.350. The van der Waals surface area contributed by atoms with Gasteiger partial charge in [-0.05, 0) is 35.9 Å². The molecule has 1 saturated heterocycles. The molecule has 5 nitrogen and oxygen atoms in total. The Labute approximate surface area is 160 Å². The van der Waals surface area contributed by atoms with Crippen molar-refractivity contribution in [2.45, 2.75) is 6.54 Å². The van der Waals surface area contributed by atoms with E-state index in [2.05, 4.69) is 39.4 Å². The molecule has 3 rings (SSSR count). The number of urea groups is 1. The highest BCUT2D eigenvalue weighted by Gasteiger charge is 2.21. The lowest BCUT2D eigenvalue weighted by atomic mass is 10.2. The molecule has 1 N–H and O–H groups in total. The number of benzene rings is 2. The van der Waals surface area contributed by atoms with Crippen molar-refractivity contribution in [3.8, 4) is 0 Å². The van der Waals surface area contributed by atoms with Crippen molar-refractivity contribution in [2.24, 2.45) is 0 Å². The van der Waals surface area contributed by atoms with Gasteiger partial charge in [-0.25, -0.2) is 4.79 Å². The Morgan fingerprint density at radius 2 is 1.69 bits per heavy atom. The van der Waals surface area contributed by atoms with Gasteiger partial charge in [0, 0.05) is 63.2 Å². The predicted molar refractivity (Wildman–Crippen MR) is 108 cm³/mol. The molecule has 0 spiro atoms. The second kappa shape index (κ2) is 8.32. The molecule has 2 aromatic rings. The van der Waals surface area contributed by atoms with E-state index < -0.39 is 0 Å². The summed E-state index contributed by atoms with van der Waals surface area (Å²) in [5.41, 5.74) is 3.32. The predicted octanol–water partition coefficient (Wildman–Crippen LogP) is 3.44. The quantitative estimate of drug-likeness (QED) is 0.893. The summed E-state index contributed by atoms with van der Waals surface area (Å²) >= 11 is 6.14. The van der Waals surface area contributed by atoms with E-state index >= 15 is 0 Å². The number of hydrogen-bond acceptors (Lipinski definition) is 3. The summed E-state index contributed by atoms with van der Waals surface area (Å²) in [6.07, 6.45) is 0. The van der Waals surface area contributed by atoms with Gasteiger partial charge in [0.05, 0.1) is 0 Å². The molecule has 1 fully saturated rings. The highest BCUT2D eigenvalue weighted by atomic mass is 35.5. The highest BCUT2D eigenvalue weighted by molar-refractivity contribution is 6.31. The van der Waals surface area contributed by atoms with Crippen LogP contribution in [0, 0.1) is 0 Å². The summed E-state index contributed by atoms with van der Waals surface area (Å²) in [5, 5.41) is 3.64. The van der Waals surface area contributed by atoms with E-state index in [-0.39, 0.29) is 6.03 Å². The van der Waals surface area contributed by atoms with Gasteiger partial charge in [-0.2, -0.15) is 0 Å². The number of carbonyl (C=O) groups is 1. The SMILES string of the molecule is CN(C)c1ccc(N2CCN(C(=O)NCc3ccccc3Cl)CC2)cc1. The lowest BCUT2D eigenvalue weighted by molar-refractivity contribution is 0.194. The number of rotatable bonds is 4. The summed E-state index contributed by atoms with van der Waals surface area (Å²) in [5.74, 6) is 0. The van der Waals surface area contributed by atoms with Gasteiger partial charge in [-0.3, -0.25) is 0 Å². The molecule has 0 bridgehead atoms. The fourth-order valence-corrected chi connectivity index (χ4v) is 3.26. The molecule has 0 aromatic heterocycles. The molecule has 26 heavy (non-hydrogen) atoms. The third kappa shape index (κ3) is 4.41. The van der Waals surface area contributed by atoms with Gasteiger partial charge < -0.3 is 20.0 Å². The molecular formula is C20H25ClN4O.